The van der Waals surface area contributed by atoms with Crippen LogP contribution >= 0.6 is 0 Å². The lowest BCUT2D eigenvalue weighted by atomic mass is 10.1. The molecule has 5 rings (SSSR count). The van der Waals surface area contributed by atoms with Crippen molar-refractivity contribution in [2.24, 2.45) is 0 Å². The number of imidazole rings is 1. The summed E-state index contributed by atoms with van der Waals surface area (Å²) in [7, 11) is 0. The molecule has 1 aliphatic rings. The highest BCUT2D eigenvalue weighted by Gasteiger charge is 2.32. The fourth-order valence-corrected chi connectivity index (χ4v) is 3.53. The number of aromatic nitrogens is 4. The van der Waals surface area contributed by atoms with Crippen molar-refractivity contribution in [1.82, 2.24) is 30.3 Å². The number of piperazine rings is 1. The molecule has 1 atom stereocenters. The van der Waals surface area contributed by atoms with Crippen LogP contribution in [0.5, 0.6) is 5.75 Å². The van der Waals surface area contributed by atoms with Crippen molar-refractivity contribution < 1.29 is 14.1 Å². The van der Waals surface area contributed by atoms with Gasteiger partial charge in [0.2, 0.25) is 5.82 Å². The van der Waals surface area contributed by atoms with Gasteiger partial charge in [-0.15, -0.1) is 0 Å². The minimum absolute atomic E-state index is 0.0437. The predicted molar refractivity (Wildman–Crippen MR) is 109 cm³/mol. The molecule has 1 saturated heterocycles. The van der Waals surface area contributed by atoms with Gasteiger partial charge in [0.15, 0.2) is 6.61 Å². The Hall–Kier alpha value is -3.72. The van der Waals surface area contributed by atoms with E-state index in [0.29, 0.717) is 37.1 Å². The van der Waals surface area contributed by atoms with E-state index >= 15 is 0 Å². The Bertz CT molecular complexity index is 1160. The molecule has 4 aromatic rings. The lowest BCUT2D eigenvalue weighted by molar-refractivity contribution is -0.137. The number of ether oxygens (including phenoxy) is 1. The zero-order valence-corrected chi connectivity index (χ0v) is 16.1. The van der Waals surface area contributed by atoms with Gasteiger partial charge in [-0.1, -0.05) is 23.4 Å². The van der Waals surface area contributed by atoms with Gasteiger partial charge in [-0.25, -0.2) is 4.98 Å². The first-order valence-corrected chi connectivity index (χ1v) is 9.73. The molecular weight excluding hydrogens is 384 g/mol. The van der Waals surface area contributed by atoms with E-state index in [2.05, 4.69) is 25.4 Å². The third-order valence-corrected chi connectivity index (χ3v) is 5.07. The zero-order chi connectivity index (χ0) is 20.3. The van der Waals surface area contributed by atoms with Gasteiger partial charge >= 0.3 is 0 Å². The van der Waals surface area contributed by atoms with Crippen molar-refractivity contribution >= 4 is 16.9 Å². The second-order valence-corrected chi connectivity index (χ2v) is 7.00. The number of hydrogen-bond donors (Lipinski definition) is 2. The Morgan fingerprint density at radius 1 is 1.23 bits per heavy atom. The maximum Gasteiger partial charge on any atom is 0.261 e. The molecule has 1 fully saturated rings. The number of fused-ring (bicyclic) bond motifs is 1. The summed E-state index contributed by atoms with van der Waals surface area (Å²) in [5.74, 6) is 1.41. The normalized spacial score (nSPS) is 16.7. The van der Waals surface area contributed by atoms with Crippen LogP contribution in [0.15, 0.2) is 59.4 Å². The SMILES string of the molecule is O=C(COc1ccccc1)N1CCNC[C@@H]1c1nc(-c2ccc3nc[nH]c3c2)no1. The van der Waals surface area contributed by atoms with Gasteiger partial charge in [-0.05, 0) is 30.3 Å². The van der Waals surface area contributed by atoms with Crippen molar-refractivity contribution in [3.05, 3.63) is 60.7 Å². The van der Waals surface area contributed by atoms with Crippen molar-refractivity contribution in [1.29, 1.82) is 0 Å². The van der Waals surface area contributed by atoms with E-state index in [1.165, 1.54) is 0 Å². The molecule has 2 N–H and O–H groups in total. The number of amides is 1. The van der Waals surface area contributed by atoms with E-state index in [1.807, 2.05) is 48.5 Å². The number of carbonyl (C=O) groups excluding carboxylic acids is 1. The van der Waals surface area contributed by atoms with E-state index in [9.17, 15) is 4.79 Å². The Labute approximate surface area is 172 Å². The highest BCUT2D eigenvalue weighted by Crippen LogP contribution is 2.25. The second kappa shape index (κ2) is 7.96. The maximum atomic E-state index is 12.8. The third kappa shape index (κ3) is 3.62. The van der Waals surface area contributed by atoms with Crippen molar-refractivity contribution in [2.45, 2.75) is 6.04 Å². The van der Waals surface area contributed by atoms with Gasteiger partial charge in [-0.2, -0.15) is 4.98 Å². The first-order chi connectivity index (χ1) is 14.8. The fourth-order valence-electron chi connectivity index (χ4n) is 3.53. The largest absolute Gasteiger partial charge is 0.484 e. The summed E-state index contributed by atoms with van der Waals surface area (Å²) >= 11 is 0. The summed E-state index contributed by atoms with van der Waals surface area (Å²) in [6.45, 7) is 1.74. The smallest absolute Gasteiger partial charge is 0.261 e. The number of para-hydroxylation sites is 1. The Kier molecular flexibility index (Phi) is 4.86. The maximum absolute atomic E-state index is 12.8. The fraction of sp³-hybridized carbons (Fsp3) is 0.238. The third-order valence-electron chi connectivity index (χ3n) is 5.07. The summed E-state index contributed by atoms with van der Waals surface area (Å²) in [5.41, 5.74) is 2.58. The van der Waals surface area contributed by atoms with Crippen LogP contribution in [0.1, 0.15) is 11.9 Å². The van der Waals surface area contributed by atoms with Gasteiger partial charge in [0.25, 0.3) is 11.8 Å². The van der Waals surface area contributed by atoms with Gasteiger partial charge in [0, 0.05) is 25.2 Å². The van der Waals surface area contributed by atoms with E-state index in [4.69, 9.17) is 9.26 Å². The lowest BCUT2D eigenvalue weighted by Gasteiger charge is -2.33. The predicted octanol–water partition coefficient (Wildman–Crippen LogP) is 2.16. The van der Waals surface area contributed by atoms with Gasteiger partial charge in [0.05, 0.1) is 17.4 Å². The minimum atomic E-state index is -0.345. The first-order valence-electron chi connectivity index (χ1n) is 9.73. The van der Waals surface area contributed by atoms with Crippen LogP contribution in [0.25, 0.3) is 22.4 Å². The molecule has 0 radical (unpaired) electrons. The molecule has 0 saturated carbocycles. The highest BCUT2D eigenvalue weighted by atomic mass is 16.5. The van der Waals surface area contributed by atoms with Crippen molar-refractivity contribution in [2.75, 3.05) is 26.2 Å². The number of rotatable bonds is 5. The number of H-pyrrole nitrogens is 1. The first kappa shape index (κ1) is 18.3. The molecule has 9 nitrogen and oxygen atoms in total. The van der Waals surface area contributed by atoms with Crippen LogP contribution < -0.4 is 10.1 Å². The van der Waals surface area contributed by atoms with Gasteiger partial charge < -0.3 is 24.5 Å². The minimum Gasteiger partial charge on any atom is -0.484 e. The molecule has 2 aromatic heterocycles. The van der Waals surface area contributed by atoms with Crippen molar-refractivity contribution in [3.8, 4) is 17.1 Å². The van der Waals surface area contributed by atoms with Gasteiger partial charge in [-0.3, -0.25) is 4.79 Å². The molecule has 0 bridgehead atoms. The van der Waals surface area contributed by atoms with E-state index in [-0.39, 0.29) is 18.6 Å². The van der Waals surface area contributed by atoms with Crippen LogP contribution in [0.4, 0.5) is 0 Å². The van der Waals surface area contributed by atoms with E-state index in [1.54, 1.807) is 11.2 Å². The number of nitrogens with one attached hydrogen (secondary N) is 2. The summed E-state index contributed by atoms with van der Waals surface area (Å²) in [6.07, 6.45) is 1.64. The Morgan fingerprint density at radius 2 is 2.13 bits per heavy atom. The number of benzene rings is 2. The monoisotopic (exact) mass is 404 g/mol. The van der Waals surface area contributed by atoms with Crippen LogP contribution in [-0.4, -0.2) is 57.2 Å². The molecule has 0 unspecified atom stereocenters. The molecule has 0 aliphatic carbocycles. The zero-order valence-electron chi connectivity index (χ0n) is 16.1. The number of nitrogens with zero attached hydrogens (tertiary/aromatic N) is 4. The van der Waals surface area contributed by atoms with E-state index < -0.39 is 0 Å². The summed E-state index contributed by atoms with van der Waals surface area (Å²) in [6, 6.07) is 14.7. The highest BCUT2D eigenvalue weighted by molar-refractivity contribution is 5.80. The van der Waals surface area contributed by atoms with Gasteiger partial charge in [0.1, 0.15) is 11.8 Å². The number of aromatic amines is 1. The van der Waals surface area contributed by atoms with Crippen LogP contribution in [0, 0.1) is 0 Å². The average molecular weight is 404 g/mol. The standard InChI is InChI=1S/C21H20N6O3/c28-19(12-29-15-4-2-1-3-5-15)27-9-8-22-11-18(27)21-25-20(26-30-21)14-6-7-16-17(10-14)24-13-23-16/h1-7,10,13,18,22H,8-9,11-12H2,(H,23,24)/t18-/m1/s1. The van der Waals surface area contributed by atoms with Crippen LogP contribution in [-0.2, 0) is 4.79 Å². The average Bonchev–Trinajstić information content (AvgIpc) is 3.47. The van der Waals surface area contributed by atoms with Crippen LogP contribution in [0.2, 0.25) is 0 Å². The Balaban J connectivity index is 1.33. The van der Waals surface area contributed by atoms with Crippen LogP contribution in [0.3, 0.4) is 0 Å². The van der Waals surface area contributed by atoms with Crippen molar-refractivity contribution in [3.63, 3.8) is 0 Å². The quantitative estimate of drug-likeness (QED) is 0.525. The van der Waals surface area contributed by atoms with E-state index in [0.717, 1.165) is 16.6 Å². The molecule has 152 valence electrons. The Morgan fingerprint density at radius 3 is 3.03 bits per heavy atom. The number of hydrogen-bond acceptors (Lipinski definition) is 7. The molecule has 9 heteroatoms. The molecule has 1 amide bonds. The summed E-state index contributed by atoms with van der Waals surface area (Å²) < 4.78 is 11.2. The topological polar surface area (TPSA) is 109 Å². The second-order valence-electron chi connectivity index (χ2n) is 7.00. The lowest BCUT2D eigenvalue weighted by Crippen LogP contribution is -2.50. The molecule has 1 aliphatic heterocycles. The summed E-state index contributed by atoms with van der Waals surface area (Å²) in [5, 5.41) is 7.41. The molecule has 0 spiro atoms. The molecular formula is C21H20N6O3. The molecule has 2 aromatic carbocycles. The molecule has 30 heavy (non-hydrogen) atoms. The number of carbonyl (C=O) groups is 1. The summed E-state index contributed by atoms with van der Waals surface area (Å²) in [4.78, 5) is 26.4. The molecule has 3 heterocycles.